The Morgan fingerprint density at radius 2 is 2.03 bits per heavy atom. The third-order valence-electron chi connectivity index (χ3n) is 9.21. The summed E-state index contributed by atoms with van der Waals surface area (Å²) in [4.78, 5) is 12.3. The van der Waals surface area contributed by atoms with Crippen LogP contribution in [-0.4, -0.2) is 35.0 Å². The molecule has 29 heavy (non-hydrogen) atoms. The number of hydrogen-bond acceptors (Lipinski definition) is 4. The zero-order valence-corrected chi connectivity index (χ0v) is 21.4. The second kappa shape index (κ2) is 8.31. The lowest BCUT2D eigenvalue weighted by Crippen LogP contribution is -2.56. The molecule has 5 heteroatoms. The summed E-state index contributed by atoms with van der Waals surface area (Å²) in [6, 6.07) is 0. The SMILES string of the molecule is CCC(=O)OC1[C@H](CI)CC2C3C(CC[C@@]21C)[C@@]1(C)CC[C@H](S)C=C1C[C@@H]3OC. The van der Waals surface area contributed by atoms with Crippen molar-refractivity contribution in [3.05, 3.63) is 11.6 Å². The van der Waals surface area contributed by atoms with E-state index in [0.717, 1.165) is 17.3 Å². The lowest BCUT2D eigenvalue weighted by atomic mass is 9.46. The van der Waals surface area contributed by atoms with E-state index >= 15 is 0 Å². The highest BCUT2D eigenvalue weighted by Gasteiger charge is 2.64. The Morgan fingerprint density at radius 1 is 1.28 bits per heavy atom. The van der Waals surface area contributed by atoms with Crippen molar-refractivity contribution in [1.82, 2.24) is 0 Å². The summed E-state index contributed by atoms with van der Waals surface area (Å²) in [5, 5.41) is 0.397. The van der Waals surface area contributed by atoms with Gasteiger partial charge in [-0.2, -0.15) is 12.6 Å². The van der Waals surface area contributed by atoms with Crippen molar-refractivity contribution in [1.29, 1.82) is 0 Å². The molecule has 4 rings (SSSR count). The van der Waals surface area contributed by atoms with Gasteiger partial charge in [0.05, 0.1) is 6.10 Å². The van der Waals surface area contributed by atoms with Gasteiger partial charge in [-0.25, -0.2) is 0 Å². The van der Waals surface area contributed by atoms with Crippen molar-refractivity contribution in [2.45, 2.75) is 83.2 Å². The molecule has 9 atom stereocenters. The molecule has 0 saturated heterocycles. The van der Waals surface area contributed by atoms with E-state index in [-0.39, 0.29) is 29.0 Å². The monoisotopic (exact) mass is 532 g/mol. The van der Waals surface area contributed by atoms with Crippen molar-refractivity contribution in [2.24, 2.45) is 34.5 Å². The Kier molecular flexibility index (Phi) is 6.43. The fraction of sp³-hybridized carbons (Fsp3) is 0.875. The summed E-state index contributed by atoms with van der Waals surface area (Å²) >= 11 is 7.28. The normalized spacial score (nSPS) is 48.9. The van der Waals surface area contributed by atoms with E-state index in [1.165, 1.54) is 25.7 Å². The number of halogens is 1. The van der Waals surface area contributed by atoms with Crippen LogP contribution in [0.3, 0.4) is 0 Å². The number of carbonyl (C=O) groups is 1. The molecule has 4 aliphatic carbocycles. The first-order chi connectivity index (χ1) is 13.8. The summed E-state index contributed by atoms with van der Waals surface area (Å²) in [7, 11) is 1.90. The van der Waals surface area contributed by atoms with Crippen LogP contribution in [0.15, 0.2) is 11.6 Å². The van der Waals surface area contributed by atoms with Crippen LogP contribution in [-0.2, 0) is 14.3 Å². The van der Waals surface area contributed by atoms with E-state index in [4.69, 9.17) is 22.1 Å². The number of methoxy groups -OCH3 is 1. The fourth-order valence-electron chi connectivity index (χ4n) is 7.63. The van der Waals surface area contributed by atoms with Crippen molar-refractivity contribution in [2.75, 3.05) is 11.5 Å². The maximum absolute atomic E-state index is 12.3. The van der Waals surface area contributed by atoms with E-state index < -0.39 is 0 Å². The van der Waals surface area contributed by atoms with E-state index in [2.05, 4.69) is 42.5 Å². The third-order valence-corrected chi connectivity index (χ3v) is 10.7. The number of carbonyl (C=O) groups excluding carboxylic acids is 1. The Hall–Kier alpha value is 0.250. The van der Waals surface area contributed by atoms with Gasteiger partial charge in [0.1, 0.15) is 6.10 Å². The van der Waals surface area contributed by atoms with Gasteiger partial charge in [0.25, 0.3) is 0 Å². The number of alkyl halides is 1. The first-order valence-electron chi connectivity index (χ1n) is 11.5. The molecule has 3 nitrogen and oxygen atoms in total. The average molecular weight is 533 g/mol. The van der Waals surface area contributed by atoms with Gasteiger partial charge in [0.15, 0.2) is 0 Å². The smallest absolute Gasteiger partial charge is 0.305 e. The molecule has 164 valence electrons. The first-order valence-corrected chi connectivity index (χ1v) is 13.5. The van der Waals surface area contributed by atoms with Crippen LogP contribution >= 0.6 is 35.2 Å². The molecule has 0 aromatic rings. The van der Waals surface area contributed by atoms with E-state index in [0.29, 0.717) is 35.3 Å². The topological polar surface area (TPSA) is 35.5 Å². The summed E-state index contributed by atoms with van der Waals surface area (Å²) in [5.74, 6) is 2.24. The highest BCUT2D eigenvalue weighted by Crippen LogP contribution is 2.67. The number of esters is 1. The van der Waals surface area contributed by atoms with Crippen LogP contribution in [0.5, 0.6) is 0 Å². The maximum atomic E-state index is 12.3. The Balaban J connectivity index is 1.70. The standard InChI is InChI=1S/C24H37IO3S/c1-5-20(26)28-22-14(13-25)10-18-21-17(7-9-24(18,22)3)23(2)8-6-16(29)11-15(23)12-19(21)27-4/h11,14,16-19,21-22,29H,5-10,12-13H2,1-4H3/t14-,16-,17?,18?,19-,21?,22?,23-,24-/m0/s1. The fourth-order valence-corrected chi connectivity index (χ4v) is 8.76. The maximum Gasteiger partial charge on any atom is 0.305 e. The van der Waals surface area contributed by atoms with Crippen molar-refractivity contribution in [3.63, 3.8) is 0 Å². The van der Waals surface area contributed by atoms with E-state index in [1.807, 2.05) is 14.0 Å². The number of ether oxygens (including phenoxy) is 2. The zero-order valence-electron chi connectivity index (χ0n) is 18.3. The van der Waals surface area contributed by atoms with Crippen molar-refractivity contribution < 1.29 is 14.3 Å². The van der Waals surface area contributed by atoms with Crippen LogP contribution in [0.25, 0.3) is 0 Å². The summed E-state index contributed by atoms with van der Waals surface area (Å²) in [6.45, 7) is 6.84. The van der Waals surface area contributed by atoms with Crippen LogP contribution < -0.4 is 0 Å². The van der Waals surface area contributed by atoms with Crippen LogP contribution in [0, 0.1) is 34.5 Å². The zero-order chi connectivity index (χ0) is 21.0. The van der Waals surface area contributed by atoms with Gasteiger partial charge in [0.2, 0.25) is 0 Å². The van der Waals surface area contributed by atoms with Crippen molar-refractivity contribution in [3.8, 4) is 0 Å². The highest BCUT2D eigenvalue weighted by molar-refractivity contribution is 14.1. The number of fused-ring (bicyclic) bond motifs is 5. The van der Waals surface area contributed by atoms with Gasteiger partial charge in [0, 0.05) is 34.5 Å². The molecule has 0 aliphatic heterocycles. The second-order valence-electron chi connectivity index (χ2n) is 10.4. The number of hydrogen-bond donors (Lipinski definition) is 1. The molecule has 0 amide bonds. The van der Waals surface area contributed by atoms with Crippen molar-refractivity contribution >= 4 is 41.2 Å². The predicted octanol–water partition coefficient (Wildman–Crippen LogP) is 5.86. The molecule has 3 saturated carbocycles. The summed E-state index contributed by atoms with van der Waals surface area (Å²) in [5.41, 5.74) is 1.97. The third kappa shape index (κ3) is 3.53. The predicted molar refractivity (Wildman–Crippen MR) is 129 cm³/mol. The Morgan fingerprint density at radius 3 is 2.69 bits per heavy atom. The van der Waals surface area contributed by atoms with Gasteiger partial charge < -0.3 is 9.47 Å². The Bertz CT molecular complexity index is 681. The molecular formula is C24H37IO3S. The Labute approximate surface area is 195 Å². The lowest BCUT2D eigenvalue weighted by molar-refractivity contribution is -0.167. The molecule has 0 aromatic carbocycles. The molecular weight excluding hydrogens is 495 g/mol. The second-order valence-corrected chi connectivity index (χ2v) is 12.0. The molecule has 4 unspecified atom stereocenters. The molecule has 3 fully saturated rings. The molecule has 0 aromatic heterocycles. The minimum atomic E-state index is -0.0370. The van der Waals surface area contributed by atoms with Gasteiger partial charge in [-0.15, -0.1) is 0 Å². The van der Waals surface area contributed by atoms with Crippen LogP contribution in [0.1, 0.15) is 65.7 Å². The van der Waals surface area contributed by atoms with E-state index in [1.54, 1.807) is 5.57 Å². The quantitative estimate of drug-likeness (QED) is 0.162. The van der Waals surface area contributed by atoms with Crippen LogP contribution in [0.4, 0.5) is 0 Å². The molecule has 4 aliphatic rings. The van der Waals surface area contributed by atoms with Gasteiger partial charge in [-0.05, 0) is 61.7 Å². The summed E-state index contributed by atoms with van der Waals surface area (Å²) < 4.78 is 13.4. The molecule has 0 spiro atoms. The molecule has 0 heterocycles. The molecule has 0 N–H and O–H groups in total. The minimum Gasteiger partial charge on any atom is -0.461 e. The van der Waals surface area contributed by atoms with Crippen LogP contribution in [0.2, 0.25) is 0 Å². The lowest BCUT2D eigenvalue weighted by Gasteiger charge is -2.60. The molecule has 0 radical (unpaired) electrons. The van der Waals surface area contributed by atoms with Gasteiger partial charge in [-0.3, -0.25) is 4.79 Å². The average Bonchev–Trinajstić information content (AvgIpc) is 2.99. The largest absolute Gasteiger partial charge is 0.461 e. The number of thiol groups is 1. The van der Waals surface area contributed by atoms with Gasteiger partial charge >= 0.3 is 5.97 Å². The minimum absolute atomic E-state index is 0.0370. The highest BCUT2D eigenvalue weighted by atomic mass is 127. The number of rotatable bonds is 4. The first kappa shape index (κ1) is 22.4. The van der Waals surface area contributed by atoms with Gasteiger partial charge in [-0.1, -0.05) is 55.0 Å². The van der Waals surface area contributed by atoms with E-state index in [9.17, 15) is 4.79 Å². The summed E-state index contributed by atoms with van der Waals surface area (Å²) in [6.07, 6.45) is 10.3. The molecule has 0 bridgehead atoms.